The highest BCUT2D eigenvalue weighted by atomic mass is 35.5. The Kier molecular flexibility index (Phi) is 8.50. The lowest BCUT2D eigenvalue weighted by Crippen LogP contribution is -2.32. The molecule has 0 saturated carbocycles. The van der Waals surface area contributed by atoms with E-state index in [1.807, 2.05) is 20.3 Å². The van der Waals surface area contributed by atoms with Crippen LogP contribution in [0.3, 0.4) is 0 Å². The summed E-state index contributed by atoms with van der Waals surface area (Å²) >= 11 is 1.39. The molecule has 0 fully saturated rings. The summed E-state index contributed by atoms with van der Waals surface area (Å²) in [6.45, 7) is 1.45. The fourth-order valence-corrected chi connectivity index (χ4v) is 2.49. The molecule has 2 aromatic heterocycles. The van der Waals surface area contributed by atoms with Crippen molar-refractivity contribution in [3.8, 4) is 10.6 Å². The number of rotatable bonds is 5. The number of nitrogens with zero attached hydrogens (tertiary/aromatic N) is 4. The van der Waals surface area contributed by atoms with Crippen molar-refractivity contribution in [3.63, 3.8) is 0 Å². The Labute approximate surface area is 140 Å². The molecule has 0 aromatic carbocycles. The van der Waals surface area contributed by atoms with Gasteiger partial charge in [0.25, 0.3) is 5.91 Å². The summed E-state index contributed by atoms with van der Waals surface area (Å²) in [5, 5.41) is 7.94. The molecule has 0 unspecified atom stereocenters. The highest BCUT2D eigenvalue weighted by molar-refractivity contribution is 7.16. The molecule has 1 amide bonds. The van der Waals surface area contributed by atoms with Crippen molar-refractivity contribution in [2.45, 2.75) is 0 Å². The number of hydrogen-bond acceptors (Lipinski definition) is 5. The van der Waals surface area contributed by atoms with Gasteiger partial charge >= 0.3 is 0 Å². The summed E-state index contributed by atoms with van der Waals surface area (Å²) in [7, 11) is 5.52. The third-order valence-electron chi connectivity index (χ3n) is 2.71. The van der Waals surface area contributed by atoms with Crippen LogP contribution in [0.2, 0.25) is 0 Å². The van der Waals surface area contributed by atoms with E-state index < -0.39 is 0 Å². The summed E-state index contributed by atoms with van der Waals surface area (Å²) in [6.07, 6.45) is 5.26. The fourth-order valence-electron chi connectivity index (χ4n) is 1.61. The highest BCUT2D eigenvalue weighted by Gasteiger charge is 2.15. The van der Waals surface area contributed by atoms with Crippen molar-refractivity contribution in [3.05, 3.63) is 23.5 Å². The van der Waals surface area contributed by atoms with Gasteiger partial charge in [0.05, 0.1) is 12.4 Å². The first-order valence-electron chi connectivity index (χ1n) is 5.96. The Bertz CT molecular complexity index is 572. The van der Waals surface area contributed by atoms with Crippen LogP contribution in [-0.2, 0) is 7.05 Å². The zero-order chi connectivity index (χ0) is 13.8. The Morgan fingerprint density at radius 1 is 1.43 bits per heavy atom. The molecule has 0 aliphatic heterocycles. The number of aromatic nitrogens is 3. The largest absolute Gasteiger partial charge is 0.340 e. The van der Waals surface area contributed by atoms with Crippen molar-refractivity contribution >= 4 is 42.1 Å². The van der Waals surface area contributed by atoms with Crippen LogP contribution >= 0.6 is 36.2 Å². The van der Waals surface area contributed by atoms with Crippen molar-refractivity contribution in [2.75, 3.05) is 27.2 Å². The van der Waals surface area contributed by atoms with Crippen LogP contribution in [0.15, 0.2) is 18.6 Å². The minimum atomic E-state index is 0. The van der Waals surface area contributed by atoms with E-state index in [1.165, 1.54) is 11.3 Å². The number of carbonyl (C=O) groups is 1. The molecule has 9 heteroatoms. The number of carbonyl (C=O) groups excluding carboxylic acids is 1. The van der Waals surface area contributed by atoms with Crippen LogP contribution < -0.4 is 5.32 Å². The van der Waals surface area contributed by atoms with Gasteiger partial charge in [0.15, 0.2) is 0 Å². The van der Waals surface area contributed by atoms with E-state index in [-0.39, 0.29) is 30.7 Å². The summed E-state index contributed by atoms with van der Waals surface area (Å²) < 4.78 is 1.72. The summed E-state index contributed by atoms with van der Waals surface area (Å²) in [4.78, 5) is 18.8. The predicted octanol–water partition coefficient (Wildman–Crippen LogP) is 1.68. The molecular weight excluding hydrogens is 333 g/mol. The Hall–Kier alpha value is -1.15. The first-order valence-corrected chi connectivity index (χ1v) is 6.78. The molecule has 0 saturated heterocycles. The van der Waals surface area contributed by atoms with Crippen LogP contribution in [0.5, 0.6) is 0 Å². The van der Waals surface area contributed by atoms with Crippen LogP contribution in [-0.4, -0.2) is 52.8 Å². The quantitative estimate of drug-likeness (QED) is 0.889. The molecule has 0 aliphatic carbocycles. The zero-order valence-corrected chi connectivity index (χ0v) is 14.5. The molecule has 118 valence electrons. The van der Waals surface area contributed by atoms with Gasteiger partial charge in [-0.3, -0.25) is 9.48 Å². The zero-order valence-electron chi connectivity index (χ0n) is 12.1. The molecule has 2 aromatic rings. The maximum absolute atomic E-state index is 12.1. The molecule has 0 bridgehead atoms. The van der Waals surface area contributed by atoms with Crippen molar-refractivity contribution in [2.24, 2.45) is 7.05 Å². The van der Waals surface area contributed by atoms with Crippen molar-refractivity contribution in [1.82, 2.24) is 25.0 Å². The molecule has 0 radical (unpaired) electrons. The number of hydrogen-bond donors (Lipinski definition) is 1. The molecule has 21 heavy (non-hydrogen) atoms. The average molecular weight is 352 g/mol. The normalized spacial score (nSPS) is 9.67. The van der Waals surface area contributed by atoms with Gasteiger partial charge in [-0.25, -0.2) is 4.98 Å². The molecule has 0 atom stereocenters. The number of aryl methyl sites for hydroxylation is 1. The van der Waals surface area contributed by atoms with E-state index in [2.05, 4.69) is 15.4 Å². The maximum atomic E-state index is 12.1. The minimum absolute atomic E-state index is 0. The lowest BCUT2D eigenvalue weighted by atomic mass is 10.4. The van der Waals surface area contributed by atoms with Crippen LogP contribution in [0.4, 0.5) is 0 Å². The van der Waals surface area contributed by atoms with Gasteiger partial charge < -0.3 is 10.2 Å². The second-order valence-electron chi connectivity index (χ2n) is 4.26. The molecule has 0 aliphatic rings. The Morgan fingerprint density at radius 3 is 2.71 bits per heavy atom. The van der Waals surface area contributed by atoms with E-state index in [9.17, 15) is 4.79 Å². The van der Waals surface area contributed by atoms with Gasteiger partial charge in [-0.15, -0.1) is 36.2 Å². The third-order valence-corrected chi connectivity index (χ3v) is 3.75. The van der Waals surface area contributed by atoms with E-state index >= 15 is 0 Å². The minimum Gasteiger partial charge on any atom is -0.340 e. The predicted molar refractivity (Wildman–Crippen MR) is 89.7 cm³/mol. The lowest BCUT2D eigenvalue weighted by Gasteiger charge is -2.15. The molecule has 0 spiro atoms. The lowest BCUT2D eigenvalue weighted by molar-refractivity contribution is 0.0801. The van der Waals surface area contributed by atoms with E-state index in [4.69, 9.17) is 0 Å². The molecule has 1 N–H and O–H groups in total. The number of halogens is 2. The SMILES string of the molecule is CNCCN(C)C(=O)c1cnc(-c2cnn(C)c2)s1.Cl.Cl. The monoisotopic (exact) mass is 351 g/mol. The van der Waals surface area contributed by atoms with Crippen LogP contribution in [0, 0.1) is 0 Å². The molecule has 2 rings (SSSR count). The van der Waals surface area contributed by atoms with Gasteiger partial charge in [-0.2, -0.15) is 5.10 Å². The van der Waals surface area contributed by atoms with E-state index in [0.29, 0.717) is 11.4 Å². The summed E-state index contributed by atoms with van der Waals surface area (Å²) in [5.41, 5.74) is 0.935. The second-order valence-corrected chi connectivity index (χ2v) is 5.29. The number of likely N-dealkylation sites (N-methyl/N-ethyl adjacent to an activating group) is 2. The van der Waals surface area contributed by atoms with Gasteiger partial charge in [0.2, 0.25) is 0 Å². The topological polar surface area (TPSA) is 63.1 Å². The summed E-state index contributed by atoms with van der Waals surface area (Å²) in [5.74, 6) is 0.00268. The van der Waals surface area contributed by atoms with Crippen LogP contribution in [0.25, 0.3) is 10.6 Å². The van der Waals surface area contributed by atoms with E-state index in [0.717, 1.165) is 17.1 Å². The summed E-state index contributed by atoms with van der Waals surface area (Å²) in [6, 6.07) is 0. The third kappa shape index (κ3) is 4.96. The Balaban J connectivity index is 0.00000200. The van der Waals surface area contributed by atoms with E-state index in [1.54, 1.807) is 29.0 Å². The second kappa shape index (κ2) is 8.99. The van der Waals surface area contributed by atoms with Gasteiger partial charge in [0, 0.05) is 38.9 Å². The molecular formula is C12H19Cl2N5OS. The highest BCUT2D eigenvalue weighted by Crippen LogP contribution is 2.25. The molecule has 2 heterocycles. The first-order chi connectivity index (χ1) is 9.11. The number of nitrogens with one attached hydrogen (secondary N) is 1. The first kappa shape index (κ1) is 19.9. The van der Waals surface area contributed by atoms with Gasteiger partial charge in [-0.05, 0) is 7.05 Å². The van der Waals surface area contributed by atoms with Gasteiger partial charge in [0.1, 0.15) is 9.88 Å². The smallest absolute Gasteiger partial charge is 0.265 e. The van der Waals surface area contributed by atoms with Crippen molar-refractivity contribution in [1.29, 1.82) is 0 Å². The average Bonchev–Trinajstić information content (AvgIpc) is 3.03. The van der Waals surface area contributed by atoms with Crippen LogP contribution in [0.1, 0.15) is 9.67 Å². The standard InChI is InChI=1S/C12H17N5OS.2ClH/c1-13-4-5-16(2)12(18)10-7-14-11(19-10)9-6-15-17(3)8-9;;/h6-8,13H,4-5H2,1-3H3;2*1H. The van der Waals surface area contributed by atoms with Crippen molar-refractivity contribution < 1.29 is 4.79 Å². The fraction of sp³-hybridized carbons (Fsp3) is 0.417. The molecule has 6 nitrogen and oxygen atoms in total. The number of amides is 1. The number of thiazole rings is 1. The van der Waals surface area contributed by atoms with Gasteiger partial charge in [-0.1, -0.05) is 0 Å². The Morgan fingerprint density at radius 2 is 2.14 bits per heavy atom. The maximum Gasteiger partial charge on any atom is 0.265 e.